The number of nitrogens with zero attached hydrogens (tertiary/aromatic N) is 1. The van der Waals surface area contributed by atoms with Gasteiger partial charge in [0, 0.05) is 12.6 Å². The highest BCUT2D eigenvalue weighted by Crippen LogP contribution is 2.36. The number of likely N-dealkylation sites (tertiary alicyclic amines) is 1. The molecule has 2 heterocycles. The van der Waals surface area contributed by atoms with E-state index in [1.54, 1.807) is 0 Å². The molecule has 0 radical (unpaired) electrons. The molecule has 1 aromatic carbocycles. The maximum atomic E-state index is 6.13. The molecule has 2 fully saturated rings. The van der Waals surface area contributed by atoms with Crippen LogP contribution in [0.1, 0.15) is 59.4 Å². The second kappa shape index (κ2) is 6.23. The van der Waals surface area contributed by atoms with E-state index in [4.69, 9.17) is 9.31 Å². The minimum absolute atomic E-state index is 0.260. The third-order valence-electron chi connectivity index (χ3n) is 5.86. The zero-order valence-corrected chi connectivity index (χ0v) is 15.3. The van der Waals surface area contributed by atoms with Gasteiger partial charge in [-0.25, -0.2) is 0 Å². The Kier molecular flexibility index (Phi) is 4.61. The number of hydrogen-bond donors (Lipinski definition) is 0. The Morgan fingerprint density at radius 1 is 1.09 bits per heavy atom. The van der Waals surface area contributed by atoms with E-state index in [2.05, 4.69) is 63.8 Å². The number of hydrogen-bond acceptors (Lipinski definition) is 3. The van der Waals surface area contributed by atoms with Crippen molar-refractivity contribution in [2.45, 2.75) is 77.7 Å². The van der Waals surface area contributed by atoms with E-state index in [0.717, 1.165) is 18.0 Å². The van der Waals surface area contributed by atoms with E-state index in [1.165, 1.54) is 31.4 Å². The first-order chi connectivity index (χ1) is 10.8. The van der Waals surface area contributed by atoms with Crippen LogP contribution in [0.5, 0.6) is 0 Å². The van der Waals surface area contributed by atoms with Crippen molar-refractivity contribution < 1.29 is 9.31 Å². The van der Waals surface area contributed by atoms with Crippen LogP contribution in [-0.2, 0) is 15.9 Å². The van der Waals surface area contributed by atoms with Gasteiger partial charge in [-0.15, -0.1) is 0 Å². The van der Waals surface area contributed by atoms with Crippen LogP contribution in [0.25, 0.3) is 0 Å². The number of benzene rings is 1. The lowest BCUT2D eigenvalue weighted by atomic mass is 9.79. The Hall–Kier alpha value is -0.835. The maximum Gasteiger partial charge on any atom is 0.494 e. The Labute approximate surface area is 141 Å². The van der Waals surface area contributed by atoms with Crippen molar-refractivity contribution in [3.8, 4) is 0 Å². The zero-order chi connectivity index (χ0) is 16.7. The van der Waals surface area contributed by atoms with Crippen LogP contribution in [0.2, 0.25) is 0 Å². The first kappa shape index (κ1) is 17.0. The van der Waals surface area contributed by atoms with Gasteiger partial charge in [0.1, 0.15) is 0 Å². The predicted octanol–water partition coefficient (Wildman–Crippen LogP) is 3.36. The van der Waals surface area contributed by atoms with Crippen molar-refractivity contribution >= 4 is 12.6 Å². The van der Waals surface area contributed by atoms with Gasteiger partial charge in [0.15, 0.2) is 0 Å². The molecular formula is C19H30BNO2. The van der Waals surface area contributed by atoms with Gasteiger partial charge in [-0.2, -0.15) is 0 Å². The molecule has 0 spiro atoms. The van der Waals surface area contributed by atoms with Gasteiger partial charge in [0.25, 0.3) is 0 Å². The summed E-state index contributed by atoms with van der Waals surface area (Å²) in [4.78, 5) is 2.61. The average molecular weight is 315 g/mol. The van der Waals surface area contributed by atoms with Crippen LogP contribution in [-0.4, -0.2) is 35.8 Å². The normalized spacial score (nSPS) is 26.8. The van der Waals surface area contributed by atoms with Crippen molar-refractivity contribution in [3.63, 3.8) is 0 Å². The summed E-state index contributed by atoms with van der Waals surface area (Å²) >= 11 is 0. The van der Waals surface area contributed by atoms with Crippen LogP contribution in [0.3, 0.4) is 0 Å². The lowest BCUT2D eigenvalue weighted by Gasteiger charge is -2.32. The van der Waals surface area contributed by atoms with Crippen LogP contribution in [0, 0.1) is 0 Å². The van der Waals surface area contributed by atoms with E-state index in [-0.39, 0.29) is 18.3 Å². The summed E-state index contributed by atoms with van der Waals surface area (Å²) in [6.45, 7) is 13.0. The third kappa shape index (κ3) is 3.35. The summed E-state index contributed by atoms with van der Waals surface area (Å²) in [6.07, 6.45) is 3.94. The molecule has 0 aromatic heterocycles. The molecule has 0 aliphatic carbocycles. The molecule has 0 bridgehead atoms. The fourth-order valence-corrected chi connectivity index (χ4v) is 3.56. The van der Waals surface area contributed by atoms with E-state index in [0.29, 0.717) is 0 Å². The highest BCUT2D eigenvalue weighted by molar-refractivity contribution is 6.62. The summed E-state index contributed by atoms with van der Waals surface area (Å²) < 4.78 is 12.3. The lowest BCUT2D eigenvalue weighted by molar-refractivity contribution is 0.00578. The molecule has 126 valence electrons. The quantitative estimate of drug-likeness (QED) is 0.795. The van der Waals surface area contributed by atoms with Crippen molar-refractivity contribution in [2.24, 2.45) is 0 Å². The van der Waals surface area contributed by atoms with Gasteiger partial charge in [0.2, 0.25) is 0 Å². The fraction of sp³-hybridized carbons (Fsp3) is 0.684. The largest absolute Gasteiger partial charge is 0.494 e. The van der Waals surface area contributed by atoms with Crippen molar-refractivity contribution in [1.82, 2.24) is 4.90 Å². The van der Waals surface area contributed by atoms with Crippen molar-refractivity contribution in [3.05, 3.63) is 29.8 Å². The van der Waals surface area contributed by atoms with Gasteiger partial charge < -0.3 is 9.31 Å². The topological polar surface area (TPSA) is 21.7 Å². The lowest BCUT2D eigenvalue weighted by Crippen LogP contribution is -2.41. The molecule has 1 aromatic rings. The second-order valence-electron chi connectivity index (χ2n) is 8.00. The predicted molar refractivity (Wildman–Crippen MR) is 95.9 cm³/mol. The smallest absolute Gasteiger partial charge is 0.399 e. The fourth-order valence-electron chi connectivity index (χ4n) is 3.56. The van der Waals surface area contributed by atoms with Crippen molar-refractivity contribution in [2.75, 3.05) is 6.54 Å². The van der Waals surface area contributed by atoms with Crippen LogP contribution >= 0.6 is 0 Å². The van der Waals surface area contributed by atoms with Gasteiger partial charge in [-0.1, -0.05) is 31.2 Å². The molecular weight excluding hydrogens is 285 g/mol. The molecule has 0 amide bonds. The highest BCUT2D eigenvalue weighted by Gasteiger charge is 2.51. The van der Waals surface area contributed by atoms with Gasteiger partial charge in [-0.05, 0) is 64.5 Å². The molecule has 3 nitrogen and oxygen atoms in total. The van der Waals surface area contributed by atoms with E-state index >= 15 is 0 Å². The number of rotatable bonds is 4. The minimum atomic E-state index is -0.278. The standard InChI is InChI=1S/C19H30BNO2/c1-6-17-8-7-13-21(17)14-15-9-11-16(12-10-15)20-22-18(2,3)19(4,5)23-20/h9-12,17H,6-8,13-14H2,1-5H3/t17-/m1/s1. The summed E-state index contributed by atoms with van der Waals surface area (Å²) in [5.41, 5.74) is 1.94. The molecule has 0 unspecified atom stereocenters. The average Bonchev–Trinajstić information content (AvgIpc) is 3.02. The Bertz CT molecular complexity index is 525. The molecule has 0 saturated carbocycles. The SMILES string of the molecule is CC[C@@H]1CCCN1Cc1ccc(B2OC(C)(C)C(C)(C)O2)cc1. The summed E-state index contributed by atoms with van der Waals surface area (Å²) in [5, 5.41) is 0. The van der Waals surface area contributed by atoms with Gasteiger partial charge >= 0.3 is 7.12 Å². The van der Waals surface area contributed by atoms with Gasteiger partial charge in [0.05, 0.1) is 11.2 Å². The molecule has 3 rings (SSSR count). The first-order valence-corrected chi connectivity index (χ1v) is 9.01. The van der Waals surface area contributed by atoms with E-state index in [1.807, 2.05) is 0 Å². The monoisotopic (exact) mass is 315 g/mol. The highest BCUT2D eigenvalue weighted by atomic mass is 16.7. The van der Waals surface area contributed by atoms with Crippen LogP contribution in [0.4, 0.5) is 0 Å². The summed E-state index contributed by atoms with van der Waals surface area (Å²) in [5.74, 6) is 0. The summed E-state index contributed by atoms with van der Waals surface area (Å²) in [7, 11) is -0.260. The Morgan fingerprint density at radius 2 is 1.70 bits per heavy atom. The summed E-state index contributed by atoms with van der Waals surface area (Å²) in [6, 6.07) is 9.54. The maximum absolute atomic E-state index is 6.13. The third-order valence-corrected chi connectivity index (χ3v) is 5.86. The minimum Gasteiger partial charge on any atom is -0.399 e. The zero-order valence-electron chi connectivity index (χ0n) is 15.3. The molecule has 23 heavy (non-hydrogen) atoms. The molecule has 4 heteroatoms. The van der Waals surface area contributed by atoms with E-state index < -0.39 is 0 Å². The first-order valence-electron chi connectivity index (χ1n) is 9.01. The van der Waals surface area contributed by atoms with Crippen LogP contribution < -0.4 is 5.46 Å². The van der Waals surface area contributed by atoms with Crippen molar-refractivity contribution in [1.29, 1.82) is 0 Å². The molecule has 2 aliphatic rings. The van der Waals surface area contributed by atoms with E-state index in [9.17, 15) is 0 Å². The molecule has 1 atom stereocenters. The molecule has 0 N–H and O–H groups in total. The second-order valence-corrected chi connectivity index (χ2v) is 8.00. The Balaban J connectivity index is 1.66. The molecule has 2 aliphatic heterocycles. The Morgan fingerprint density at radius 3 is 2.26 bits per heavy atom. The van der Waals surface area contributed by atoms with Gasteiger partial charge in [-0.3, -0.25) is 4.90 Å². The molecule has 2 saturated heterocycles. The van der Waals surface area contributed by atoms with Crippen LogP contribution in [0.15, 0.2) is 24.3 Å².